The van der Waals surface area contributed by atoms with Crippen molar-refractivity contribution < 1.29 is 41.8 Å². The number of amides is 4. The maximum atomic E-state index is 14.0. The van der Waals surface area contributed by atoms with Crippen molar-refractivity contribution in [3.63, 3.8) is 0 Å². The lowest BCUT2D eigenvalue weighted by atomic mass is 9.82. The van der Waals surface area contributed by atoms with Gasteiger partial charge in [0.25, 0.3) is 0 Å². The van der Waals surface area contributed by atoms with Crippen molar-refractivity contribution in [2.24, 2.45) is 5.92 Å². The summed E-state index contributed by atoms with van der Waals surface area (Å²) in [4.78, 5) is 64.6. The van der Waals surface area contributed by atoms with Crippen LogP contribution in [0.2, 0.25) is 0 Å². The fourth-order valence-electron chi connectivity index (χ4n) is 8.04. The standard InChI is InChI=1S/C40H59F3N8O6/c1-24(2)50(6)28-12-14-33(51-18-15-31(37(51)54)48-35-29-21-26(40(41,42)43)9-13-30(29)45-23-46-35)32(22-28)49-36(53)25-7-10-27(11-8-25)47-34(52)16-19-56-20-17-44-38(55)57-39(3,4)5/h9,13,21,23-25,27-28,31-33H,7-8,10-12,14-20,22H2,1-6H3,(H,44,55)(H,47,52)(H,49,53)(H,45,46,48)/t25-,27+,28-,31+,32-,33+/m1/s1. The van der Waals surface area contributed by atoms with Gasteiger partial charge in [-0.1, -0.05) is 0 Å². The number of alkyl halides is 3. The van der Waals surface area contributed by atoms with Crippen LogP contribution in [-0.4, -0.2) is 119 Å². The van der Waals surface area contributed by atoms with E-state index in [0.717, 1.165) is 18.6 Å². The highest BCUT2D eigenvalue weighted by Gasteiger charge is 2.44. The van der Waals surface area contributed by atoms with Gasteiger partial charge in [0.05, 0.1) is 36.4 Å². The minimum absolute atomic E-state index is 0.0411. The predicted octanol–water partition coefficient (Wildman–Crippen LogP) is 5.01. The van der Waals surface area contributed by atoms with Crippen LogP contribution in [0.5, 0.6) is 0 Å². The number of anilines is 1. The number of carbonyl (C=O) groups excluding carboxylic acids is 4. The molecular weight excluding hydrogens is 745 g/mol. The molecule has 2 heterocycles. The van der Waals surface area contributed by atoms with Crippen molar-refractivity contribution in [2.75, 3.05) is 38.7 Å². The van der Waals surface area contributed by atoms with Gasteiger partial charge in [-0.3, -0.25) is 14.4 Å². The Morgan fingerprint density at radius 3 is 2.40 bits per heavy atom. The normalized spacial score (nSPS) is 24.5. The molecule has 0 unspecified atom stereocenters. The molecule has 0 spiro atoms. The van der Waals surface area contributed by atoms with E-state index >= 15 is 0 Å². The van der Waals surface area contributed by atoms with Crippen LogP contribution in [0.3, 0.4) is 0 Å². The number of nitrogens with one attached hydrogen (secondary N) is 4. The molecule has 1 aromatic heterocycles. The highest BCUT2D eigenvalue weighted by Crippen LogP contribution is 2.35. The number of fused-ring (bicyclic) bond motifs is 1. The van der Waals surface area contributed by atoms with E-state index in [1.54, 1.807) is 20.8 Å². The molecule has 316 valence electrons. The lowest BCUT2D eigenvalue weighted by Crippen LogP contribution is -2.59. The molecule has 1 aromatic carbocycles. The molecular formula is C40H59F3N8O6. The average Bonchev–Trinajstić information content (AvgIpc) is 3.50. The summed E-state index contributed by atoms with van der Waals surface area (Å²) in [6, 6.07) is 2.53. The van der Waals surface area contributed by atoms with Gasteiger partial charge in [0.15, 0.2) is 0 Å². The molecule has 5 rings (SSSR count). The first-order valence-corrected chi connectivity index (χ1v) is 20.1. The maximum absolute atomic E-state index is 14.0. The van der Waals surface area contributed by atoms with Crippen LogP contribution >= 0.6 is 0 Å². The molecule has 14 nitrogen and oxygen atoms in total. The smallest absolute Gasteiger partial charge is 0.416 e. The molecule has 2 saturated carbocycles. The molecule has 2 aliphatic carbocycles. The van der Waals surface area contributed by atoms with Crippen molar-refractivity contribution >= 4 is 40.5 Å². The van der Waals surface area contributed by atoms with Gasteiger partial charge in [-0.05, 0) is 111 Å². The number of carbonyl (C=O) groups is 4. The molecule has 1 aliphatic heterocycles. The Morgan fingerprint density at radius 2 is 1.72 bits per heavy atom. The van der Waals surface area contributed by atoms with Crippen molar-refractivity contribution in [1.29, 1.82) is 0 Å². The average molecular weight is 805 g/mol. The van der Waals surface area contributed by atoms with E-state index in [4.69, 9.17) is 9.47 Å². The Labute approximate surface area is 332 Å². The molecule has 2 aromatic rings. The summed E-state index contributed by atoms with van der Waals surface area (Å²) in [7, 11) is 2.08. The zero-order valence-corrected chi connectivity index (χ0v) is 33.9. The second-order valence-electron chi connectivity index (χ2n) is 16.8. The molecule has 0 bridgehead atoms. The molecule has 3 fully saturated rings. The number of hydrogen-bond acceptors (Lipinski definition) is 10. The zero-order chi connectivity index (χ0) is 41.5. The first-order valence-electron chi connectivity index (χ1n) is 20.1. The number of ether oxygens (including phenoxy) is 2. The summed E-state index contributed by atoms with van der Waals surface area (Å²) in [5.41, 5.74) is -1.07. The second-order valence-corrected chi connectivity index (χ2v) is 16.8. The Hall–Kier alpha value is -4.25. The van der Waals surface area contributed by atoms with Crippen LogP contribution in [0, 0.1) is 5.92 Å². The van der Waals surface area contributed by atoms with Crippen molar-refractivity contribution in [3.05, 3.63) is 30.1 Å². The summed E-state index contributed by atoms with van der Waals surface area (Å²) in [5.74, 6) is -0.407. The second kappa shape index (κ2) is 19.0. The Kier molecular flexibility index (Phi) is 14.6. The predicted molar refractivity (Wildman–Crippen MR) is 208 cm³/mol. The van der Waals surface area contributed by atoms with Crippen LogP contribution in [-0.2, 0) is 30.0 Å². The Morgan fingerprint density at radius 1 is 0.982 bits per heavy atom. The highest BCUT2D eigenvalue weighted by atomic mass is 19.4. The lowest BCUT2D eigenvalue weighted by Gasteiger charge is -2.45. The number of aromatic nitrogens is 2. The molecule has 1 saturated heterocycles. The van der Waals surface area contributed by atoms with E-state index < -0.39 is 29.5 Å². The number of hydrogen-bond donors (Lipinski definition) is 4. The minimum atomic E-state index is -4.54. The van der Waals surface area contributed by atoms with Crippen molar-refractivity contribution in [2.45, 2.75) is 140 Å². The number of benzene rings is 1. The van der Waals surface area contributed by atoms with E-state index in [1.165, 1.54) is 12.4 Å². The number of likely N-dealkylation sites (tertiary alicyclic amines) is 1. The summed E-state index contributed by atoms with van der Waals surface area (Å²) < 4.78 is 51.3. The maximum Gasteiger partial charge on any atom is 0.416 e. The number of rotatable bonds is 14. The third-order valence-corrected chi connectivity index (χ3v) is 11.3. The van der Waals surface area contributed by atoms with Gasteiger partial charge in [0.1, 0.15) is 23.8 Å². The van der Waals surface area contributed by atoms with Crippen LogP contribution in [0.4, 0.5) is 23.8 Å². The molecule has 4 atom stereocenters. The van der Waals surface area contributed by atoms with E-state index in [0.29, 0.717) is 63.0 Å². The third-order valence-electron chi connectivity index (χ3n) is 11.3. The first kappa shape index (κ1) is 43.9. The fraction of sp³-hybridized carbons (Fsp3) is 0.700. The number of nitrogens with zero attached hydrogens (tertiary/aromatic N) is 4. The topological polar surface area (TPSA) is 167 Å². The molecule has 4 amide bonds. The van der Waals surface area contributed by atoms with Gasteiger partial charge in [-0.25, -0.2) is 14.8 Å². The monoisotopic (exact) mass is 804 g/mol. The van der Waals surface area contributed by atoms with E-state index in [-0.39, 0.29) is 85.2 Å². The Bertz CT molecular complexity index is 1710. The summed E-state index contributed by atoms with van der Waals surface area (Å²) in [6.45, 7) is 10.8. The van der Waals surface area contributed by atoms with Gasteiger partial charge in [0.2, 0.25) is 17.7 Å². The van der Waals surface area contributed by atoms with Crippen LogP contribution < -0.4 is 21.3 Å². The SMILES string of the molecule is CC(C)N(C)[C@@H]1CC[C@H](N2CC[C@H](Nc3ncnc4ccc(C(F)(F)F)cc34)C2=O)[C@H](NC(=O)[C@H]2CC[C@@H](NC(=O)CCOCCNC(=O)OC(C)(C)C)CC2)C1. The molecule has 4 N–H and O–H groups in total. The lowest BCUT2D eigenvalue weighted by molar-refractivity contribution is -0.137. The highest BCUT2D eigenvalue weighted by molar-refractivity contribution is 5.93. The Balaban J connectivity index is 1.13. The van der Waals surface area contributed by atoms with Crippen LogP contribution in [0.25, 0.3) is 10.9 Å². The van der Waals surface area contributed by atoms with Gasteiger partial charge < -0.3 is 40.5 Å². The summed E-state index contributed by atoms with van der Waals surface area (Å²) in [5, 5.41) is 12.3. The number of halogens is 3. The summed E-state index contributed by atoms with van der Waals surface area (Å²) >= 11 is 0. The van der Waals surface area contributed by atoms with Crippen LogP contribution in [0.1, 0.15) is 98.0 Å². The first-order chi connectivity index (χ1) is 26.9. The van der Waals surface area contributed by atoms with Crippen molar-refractivity contribution in [1.82, 2.24) is 35.7 Å². The van der Waals surface area contributed by atoms with Gasteiger partial charge in [-0.2, -0.15) is 13.2 Å². The molecule has 3 aliphatic rings. The van der Waals surface area contributed by atoms with Gasteiger partial charge in [0, 0.05) is 48.9 Å². The van der Waals surface area contributed by atoms with E-state index in [1.807, 2.05) is 4.90 Å². The molecule has 17 heteroatoms. The fourth-order valence-corrected chi connectivity index (χ4v) is 8.04. The van der Waals surface area contributed by atoms with Gasteiger partial charge in [-0.15, -0.1) is 0 Å². The quantitative estimate of drug-likeness (QED) is 0.191. The third kappa shape index (κ3) is 12.1. The zero-order valence-electron chi connectivity index (χ0n) is 33.9. The molecule has 0 radical (unpaired) electrons. The molecule has 57 heavy (non-hydrogen) atoms. The van der Waals surface area contributed by atoms with E-state index in [2.05, 4.69) is 57.0 Å². The van der Waals surface area contributed by atoms with Crippen molar-refractivity contribution in [3.8, 4) is 0 Å². The van der Waals surface area contributed by atoms with Gasteiger partial charge >= 0.3 is 12.3 Å². The summed E-state index contributed by atoms with van der Waals surface area (Å²) in [6.07, 6.45) is 1.60. The number of alkyl carbamates (subject to hydrolysis) is 1. The minimum Gasteiger partial charge on any atom is -0.444 e. The van der Waals surface area contributed by atoms with E-state index in [9.17, 15) is 32.3 Å². The largest absolute Gasteiger partial charge is 0.444 e. The van der Waals surface area contributed by atoms with Crippen LogP contribution in [0.15, 0.2) is 24.5 Å².